The van der Waals surface area contributed by atoms with Gasteiger partial charge in [0.1, 0.15) is 6.04 Å². The molecule has 0 radical (unpaired) electrons. The fraction of sp³-hybridized carbons (Fsp3) is 0.727. The minimum atomic E-state index is -0.801. The van der Waals surface area contributed by atoms with Crippen molar-refractivity contribution in [3.63, 3.8) is 0 Å². The second-order valence-electron chi connectivity index (χ2n) is 8.72. The van der Waals surface area contributed by atoms with Crippen molar-refractivity contribution >= 4 is 23.7 Å². The Morgan fingerprint density at radius 1 is 0.933 bits per heavy atom. The number of ether oxygens (including phenoxy) is 1. The standard InChI is InChI=1S/C22H39N3O5/c1-13(2)10-18(22(29)25(8)9)30-19(27)11-15(5)16(6)12-23-21(28)20(14(3)4)24-17(7)26/h13-14,18,20H,10-12H2,1-9H3,(H,23,28)(H,24,26)/b16-15+/t18-,20-/m0/s1. The molecule has 0 saturated carbocycles. The summed E-state index contributed by atoms with van der Waals surface area (Å²) < 4.78 is 5.45. The number of carbonyl (C=O) groups is 4. The molecular weight excluding hydrogens is 386 g/mol. The van der Waals surface area contributed by atoms with Gasteiger partial charge in [0.05, 0.1) is 6.42 Å². The summed E-state index contributed by atoms with van der Waals surface area (Å²) >= 11 is 0. The van der Waals surface area contributed by atoms with Crippen LogP contribution in [0.5, 0.6) is 0 Å². The third-order valence-corrected chi connectivity index (χ3v) is 4.65. The Hall–Kier alpha value is -2.38. The molecule has 0 spiro atoms. The molecule has 0 aromatic carbocycles. The third-order valence-electron chi connectivity index (χ3n) is 4.65. The highest BCUT2D eigenvalue weighted by Crippen LogP contribution is 2.15. The highest BCUT2D eigenvalue weighted by molar-refractivity contribution is 5.87. The number of nitrogens with zero attached hydrogens (tertiary/aromatic N) is 1. The van der Waals surface area contributed by atoms with E-state index in [4.69, 9.17) is 4.74 Å². The molecule has 8 nitrogen and oxygen atoms in total. The minimum absolute atomic E-state index is 0.0380. The molecule has 0 heterocycles. The van der Waals surface area contributed by atoms with Gasteiger partial charge in [-0.25, -0.2) is 0 Å². The summed E-state index contributed by atoms with van der Waals surface area (Å²) in [4.78, 5) is 49.7. The molecule has 0 rings (SSSR count). The summed E-state index contributed by atoms with van der Waals surface area (Å²) in [5, 5.41) is 5.44. The van der Waals surface area contributed by atoms with E-state index in [-0.39, 0.29) is 42.5 Å². The molecule has 8 heteroatoms. The number of likely N-dealkylation sites (N-methyl/N-ethyl adjacent to an activating group) is 1. The van der Waals surface area contributed by atoms with E-state index in [2.05, 4.69) is 10.6 Å². The quantitative estimate of drug-likeness (QED) is 0.389. The molecule has 0 aliphatic carbocycles. The SMILES string of the molecule is CC(=O)N[C@H](C(=O)NC/C(C)=C(\C)CC(=O)O[C@@H](CC(C)C)C(=O)N(C)C)C(C)C. The minimum Gasteiger partial charge on any atom is -0.452 e. The van der Waals surface area contributed by atoms with Crippen molar-refractivity contribution < 1.29 is 23.9 Å². The first-order valence-corrected chi connectivity index (χ1v) is 10.4. The van der Waals surface area contributed by atoms with Gasteiger partial charge in [0.2, 0.25) is 11.8 Å². The lowest BCUT2D eigenvalue weighted by Gasteiger charge is -2.23. The van der Waals surface area contributed by atoms with E-state index < -0.39 is 18.1 Å². The maximum absolute atomic E-state index is 12.4. The average molecular weight is 426 g/mol. The summed E-state index contributed by atoms with van der Waals surface area (Å²) in [5.74, 6) is -1.10. The predicted molar refractivity (Wildman–Crippen MR) is 116 cm³/mol. The maximum Gasteiger partial charge on any atom is 0.310 e. The van der Waals surface area contributed by atoms with Crippen LogP contribution in [0.3, 0.4) is 0 Å². The molecule has 2 N–H and O–H groups in total. The number of amides is 3. The van der Waals surface area contributed by atoms with Crippen LogP contribution in [0.15, 0.2) is 11.1 Å². The molecule has 30 heavy (non-hydrogen) atoms. The Morgan fingerprint density at radius 3 is 1.93 bits per heavy atom. The summed E-state index contributed by atoms with van der Waals surface area (Å²) in [7, 11) is 3.26. The highest BCUT2D eigenvalue weighted by Gasteiger charge is 2.26. The molecule has 0 aliphatic rings. The van der Waals surface area contributed by atoms with E-state index in [0.717, 1.165) is 11.1 Å². The van der Waals surface area contributed by atoms with E-state index in [1.807, 2.05) is 34.6 Å². The Bertz CT molecular complexity index is 653. The van der Waals surface area contributed by atoms with Gasteiger partial charge in [-0.05, 0) is 32.1 Å². The van der Waals surface area contributed by atoms with Crippen molar-refractivity contribution in [1.82, 2.24) is 15.5 Å². The van der Waals surface area contributed by atoms with Gasteiger partial charge in [-0.1, -0.05) is 38.8 Å². The molecule has 0 saturated heterocycles. The van der Waals surface area contributed by atoms with Gasteiger partial charge in [0, 0.05) is 27.6 Å². The fourth-order valence-corrected chi connectivity index (χ4v) is 2.72. The number of rotatable bonds is 11. The Labute approximate surface area is 180 Å². The molecule has 0 aliphatic heterocycles. The lowest BCUT2D eigenvalue weighted by molar-refractivity contribution is -0.159. The first kappa shape index (κ1) is 27.6. The second kappa shape index (κ2) is 13.0. The van der Waals surface area contributed by atoms with Crippen molar-refractivity contribution in [2.45, 2.75) is 73.5 Å². The lowest BCUT2D eigenvalue weighted by Crippen LogP contribution is -2.49. The largest absolute Gasteiger partial charge is 0.452 e. The van der Waals surface area contributed by atoms with Crippen molar-refractivity contribution in [3.05, 3.63) is 11.1 Å². The zero-order chi connectivity index (χ0) is 23.6. The number of hydrogen-bond acceptors (Lipinski definition) is 5. The highest BCUT2D eigenvalue weighted by atomic mass is 16.5. The number of esters is 1. The van der Waals surface area contributed by atoms with Crippen molar-refractivity contribution in [3.8, 4) is 0 Å². The van der Waals surface area contributed by atoms with E-state index in [9.17, 15) is 19.2 Å². The van der Waals surface area contributed by atoms with Gasteiger partial charge in [-0.15, -0.1) is 0 Å². The molecule has 2 atom stereocenters. The summed E-state index contributed by atoms with van der Waals surface area (Å²) in [6.07, 6.45) is -0.305. The zero-order valence-electron chi connectivity index (χ0n) is 19.9. The van der Waals surface area contributed by atoms with Crippen LogP contribution in [0.4, 0.5) is 0 Å². The Morgan fingerprint density at radius 2 is 1.50 bits per heavy atom. The van der Waals surface area contributed by atoms with Crippen LogP contribution in [0.25, 0.3) is 0 Å². The van der Waals surface area contributed by atoms with Crippen molar-refractivity contribution in [1.29, 1.82) is 0 Å². The molecule has 0 aromatic heterocycles. The Kier molecular flexibility index (Phi) is 12.0. The molecule has 0 aromatic rings. The molecule has 0 bridgehead atoms. The first-order chi connectivity index (χ1) is 13.8. The van der Waals surface area contributed by atoms with Gasteiger partial charge in [-0.3, -0.25) is 19.2 Å². The molecule has 0 unspecified atom stereocenters. The summed E-state index contributed by atoms with van der Waals surface area (Å²) in [5.41, 5.74) is 1.59. The van der Waals surface area contributed by atoms with Crippen LogP contribution in [0, 0.1) is 11.8 Å². The third kappa shape index (κ3) is 10.4. The van der Waals surface area contributed by atoms with E-state index in [0.29, 0.717) is 6.42 Å². The van der Waals surface area contributed by atoms with Gasteiger partial charge in [-0.2, -0.15) is 0 Å². The average Bonchev–Trinajstić information content (AvgIpc) is 2.61. The van der Waals surface area contributed by atoms with Crippen LogP contribution >= 0.6 is 0 Å². The predicted octanol–water partition coefficient (Wildman–Crippen LogP) is 2.04. The monoisotopic (exact) mass is 425 g/mol. The molecular formula is C22H39N3O5. The van der Waals surface area contributed by atoms with Crippen LogP contribution < -0.4 is 10.6 Å². The lowest BCUT2D eigenvalue weighted by atomic mass is 10.0. The Balaban J connectivity index is 4.96. The normalized spacial score (nSPS) is 14.0. The fourth-order valence-electron chi connectivity index (χ4n) is 2.72. The molecule has 0 fully saturated rings. The van der Waals surface area contributed by atoms with Crippen molar-refractivity contribution in [2.24, 2.45) is 11.8 Å². The summed E-state index contributed by atoms with van der Waals surface area (Å²) in [6, 6.07) is -0.616. The zero-order valence-corrected chi connectivity index (χ0v) is 19.9. The van der Waals surface area contributed by atoms with E-state index in [1.165, 1.54) is 11.8 Å². The number of hydrogen-bond donors (Lipinski definition) is 2. The molecule has 172 valence electrons. The van der Waals surface area contributed by atoms with E-state index in [1.54, 1.807) is 21.0 Å². The van der Waals surface area contributed by atoms with Gasteiger partial charge in [0.25, 0.3) is 5.91 Å². The summed E-state index contributed by atoms with van der Waals surface area (Å²) in [6.45, 7) is 12.9. The van der Waals surface area contributed by atoms with Gasteiger partial charge in [0.15, 0.2) is 6.10 Å². The van der Waals surface area contributed by atoms with Gasteiger partial charge < -0.3 is 20.3 Å². The van der Waals surface area contributed by atoms with Crippen molar-refractivity contribution in [2.75, 3.05) is 20.6 Å². The van der Waals surface area contributed by atoms with Crippen LogP contribution in [-0.4, -0.2) is 61.4 Å². The number of carbonyl (C=O) groups excluding carboxylic acids is 4. The maximum atomic E-state index is 12.4. The van der Waals surface area contributed by atoms with Crippen LogP contribution in [0.1, 0.15) is 61.3 Å². The van der Waals surface area contributed by atoms with Gasteiger partial charge >= 0.3 is 5.97 Å². The topological polar surface area (TPSA) is 105 Å². The molecule has 3 amide bonds. The first-order valence-electron chi connectivity index (χ1n) is 10.4. The van der Waals surface area contributed by atoms with E-state index >= 15 is 0 Å². The smallest absolute Gasteiger partial charge is 0.310 e. The van der Waals surface area contributed by atoms with Crippen LogP contribution in [0.2, 0.25) is 0 Å². The number of nitrogens with one attached hydrogen (secondary N) is 2. The second-order valence-corrected chi connectivity index (χ2v) is 8.72. The van der Waals surface area contributed by atoms with Crippen LogP contribution in [-0.2, 0) is 23.9 Å².